The number of nitrogens with one attached hydrogen (secondary N) is 2. The lowest BCUT2D eigenvalue weighted by atomic mass is 10.1. The van der Waals surface area contributed by atoms with E-state index in [2.05, 4.69) is 10.3 Å². The molecule has 1 aromatic carbocycles. The van der Waals surface area contributed by atoms with Gasteiger partial charge in [0.1, 0.15) is 17.2 Å². The minimum atomic E-state index is -0.148. The molecule has 1 aromatic heterocycles. The number of benzene rings is 1. The van der Waals surface area contributed by atoms with Crippen LogP contribution < -0.4 is 14.8 Å². The summed E-state index contributed by atoms with van der Waals surface area (Å²) in [6.45, 7) is 2.74. The van der Waals surface area contributed by atoms with E-state index in [0.717, 1.165) is 30.4 Å². The van der Waals surface area contributed by atoms with Crippen molar-refractivity contribution < 1.29 is 19.0 Å². The number of aromatic nitrogens is 1. The van der Waals surface area contributed by atoms with Gasteiger partial charge in [0.2, 0.25) is 0 Å². The fraction of sp³-hybridized carbons (Fsp3) is 0.471. The summed E-state index contributed by atoms with van der Waals surface area (Å²) in [5, 5.41) is 3.87. The van der Waals surface area contributed by atoms with Crippen LogP contribution in [-0.2, 0) is 4.74 Å². The number of methoxy groups -OCH3 is 2. The Morgan fingerprint density at radius 3 is 2.83 bits per heavy atom. The van der Waals surface area contributed by atoms with Crippen molar-refractivity contribution in [3.63, 3.8) is 0 Å². The van der Waals surface area contributed by atoms with E-state index in [4.69, 9.17) is 14.2 Å². The van der Waals surface area contributed by atoms with Gasteiger partial charge in [-0.05, 0) is 31.9 Å². The van der Waals surface area contributed by atoms with Gasteiger partial charge in [-0.15, -0.1) is 0 Å². The van der Waals surface area contributed by atoms with E-state index in [-0.39, 0.29) is 18.1 Å². The van der Waals surface area contributed by atoms with E-state index < -0.39 is 0 Å². The average molecular weight is 318 g/mol. The van der Waals surface area contributed by atoms with Crippen LogP contribution in [0.3, 0.4) is 0 Å². The minimum Gasteiger partial charge on any atom is -0.497 e. The largest absolute Gasteiger partial charge is 0.497 e. The maximum atomic E-state index is 12.5. The number of amides is 1. The van der Waals surface area contributed by atoms with Crippen LogP contribution in [0.5, 0.6) is 11.5 Å². The van der Waals surface area contributed by atoms with Crippen LogP contribution in [0, 0.1) is 0 Å². The Hall–Kier alpha value is -2.21. The first-order valence-corrected chi connectivity index (χ1v) is 7.79. The maximum absolute atomic E-state index is 12.5. The van der Waals surface area contributed by atoms with Gasteiger partial charge < -0.3 is 24.5 Å². The summed E-state index contributed by atoms with van der Waals surface area (Å²) in [5.74, 6) is 1.18. The van der Waals surface area contributed by atoms with Crippen LogP contribution in [0.15, 0.2) is 18.2 Å². The van der Waals surface area contributed by atoms with Crippen LogP contribution in [0.2, 0.25) is 0 Å². The molecule has 0 unspecified atom stereocenters. The third-order valence-electron chi connectivity index (χ3n) is 4.25. The summed E-state index contributed by atoms with van der Waals surface area (Å²) < 4.78 is 16.2. The Balaban J connectivity index is 1.83. The molecular weight excluding hydrogens is 296 g/mol. The summed E-state index contributed by atoms with van der Waals surface area (Å²) in [5.41, 5.74) is 1.28. The first kappa shape index (κ1) is 15.7. The van der Waals surface area contributed by atoms with Gasteiger partial charge >= 0.3 is 0 Å². The Morgan fingerprint density at radius 1 is 1.35 bits per heavy atom. The number of H-pyrrole nitrogens is 1. The van der Waals surface area contributed by atoms with E-state index in [1.165, 1.54) is 0 Å². The zero-order valence-corrected chi connectivity index (χ0v) is 13.6. The first-order chi connectivity index (χ1) is 11.1. The van der Waals surface area contributed by atoms with E-state index in [0.29, 0.717) is 17.2 Å². The number of carbonyl (C=O) groups is 1. The van der Waals surface area contributed by atoms with Crippen molar-refractivity contribution in [2.24, 2.45) is 0 Å². The third kappa shape index (κ3) is 3.12. The molecule has 2 N–H and O–H groups in total. The monoisotopic (exact) mass is 318 g/mol. The van der Waals surface area contributed by atoms with E-state index in [9.17, 15) is 4.79 Å². The molecule has 2 heterocycles. The van der Waals surface area contributed by atoms with Gasteiger partial charge in [-0.1, -0.05) is 0 Å². The number of fused-ring (bicyclic) bond motifs is 1. The highest BCUT2D eigenvalue weighted by atomic mass is 16.5. The Morgan fingerprint density at radius 2 is 2.17 bits per heavy atom. The molecule has 1 aliphatic rings. The highest BCUT2D eigenvalue weighted by molar-refractivity contribution is 6.00. The molecule has 0 spiro atoms. The summed E-state index contributed by atoms with van der Waals surface area (Å²) in [7, 11) is 3.19. The van der Waals surface area contributed by atoms with Gasteiger partial charge in [0.05, 0.1) is 31.9 Å². The summed E-state index contributed by atoms with van der Waals surface area (Å²) in [6.07, 6.45) is 2.13. The summed E-state index contributed by atoms with van der Waals surface area (Å²) in [4.78, 5) is 15.6. The van der Waals surface area contributed by atoms with E-state index >= 15 is 0 Å². The van der Waals surface area contributed by atoms with Crippen molar-refractivity contribution in [3.05, 3.63) is 23.9 Å². The number of rotatable bonds is 5. The predicted octanol–water partition coefficient (Wildman–Crippen LogP) is 2.48. The van der Waals surface area contributed by atoms with Gasteiger partial charge in [0, 0.05) is 18.1 Å². The number of hydrogen-bond donors (Lipinski definition) is 2. The normalized spacial score (nSPS) is 18.8. The molecule has 23 heavy (non-hydrogen) atoms. The molecule has 0 bridgehead atoms. The molecule has 0 aliphatic carbocycles. The zero-order chi connectivity index (χ0) is 16.4. The van der Waals surface area contributed by atoms with Crippen molar-refractivity contribution in [1.29, 1.82) is 0 Å². The number of ether oxygens (including phenoxy) is 3. The molecule has 2 aromatic rings. The summed E-state index contributed by atoms with van der Waals surface area (Å²) in [6, 6.07) is 5.44. The smallest absolute Gasteiger partial charge is 0.268 e. The van der Waals surface area contributed by atoms with Gasteiger partial charge in [-0.3, -0.25) is 4.79 Å². The minimum absolute atomic E-state index is 0.0205. The molecule has 0 radical (unpaired) electrons. The summed E-state index contributed by atoms with van der Waals surface area (Å²) >= 11 is 0. The molecule has 1 amide bonds. The van der Waals surface area contributed by atoms with Gasteiger partial charge in [0.15, 0.2) is 0 Å². The highest BCUT2D eigenvalue weighted by Crippen LogP contribution is 2.31. The van der Waals surface area contributed by atoms with E-state index in [1.54, 1.807) is 26.4 Å². The average Bonchev–Trinajstić information content (AvgIpc) is 3.22. The van der Waals surface area contributed by atoms with Crippen LogP contribution in [0.4, 0.5) is 0 Å². The van der Waals surface area contributed by atoms with Gasteiger partial charge in [0.25, 0.3) is 5.91 Å². The van der Waals surface area contributed by atoms with E-state index in [1.807, 2.05) is 13.0 Å². The Kier molecular flexibility index (Phi) is 4.43. The molecule has 6 heteroatoms. The number of carbonyl (C=O) groups excluding carboxylic acids is 1. The quantitative estimate of drug-likeness (QED) is 0.888. The lowest BCUT2D eigenvalue weighted by Crippen LogP contribution is -2.40. The van der Waals surface area contributed by atoms with Gasteiger partial charge in [-0.2, -0.15) is 0 Å². The molecular formula is C17H22N2O4. The molecule has 6 nitrogen and oxygen atoms in total. The Bertz CT molecular complexity index is 704. The second kappa shape index (κ2) is 6.50. The van der Waals surface area contributed by atoms with Crippen LogP contribution in [0.25, 0.3) is 10.9 Å². The van der Waals surface area contributed by atoms with Crippen LogP contribution >= 0.6 is 0 Å². The second-order valence-electron chi connectivity index (χ2n) is 5.79. The standard InChI is InChI=1S/C17H22N2O4/c1-10(14-5-4-6-23-14)18-17(20)13-8-11-7-12(21-2)9-15(22-3)16(11)19-13/h7-10,14,19H,4-6H2,1-3H3,(H,18,20)/t10-,14-/m1/s1. The lowest BCUT2D eigenvalue weighted by molar-refractivity contribution is 0.0710. The third-order valence-corrected chi connectivity index (χ3v) is 4.25. The second-order valence-corrected chi connectivity index (χ2v) is 5.79. The highest BCUT2D eigenvalue weighted by Gasteiger charge is 2.24. The van der Waals surface area contributed by atoms with Crippen LogP contribution in [-0.4, -0.2) is 43.9 Å². The molecule has 2 atom stereocenters. The Labute approximate surface area is 135 Å². The fourth-order valence-corrected chi connectivity index (χ4v) is 2.96. The maximum Gasteiger partial charge on any atom is 0.268 e. The molecule has 0 saturated carbocycles. The molecule has 1 aliphatic heterocycles. The van der Waals surface area contributed by atoms with Crippen LogP contribution in [0.1, 0.15) is 30.3 Å². The molecule has 1 saturated heterocycles. The van der Waals surface area contributed by atoms with Crippen molar-refractivity contribution in [3.8, 4) is 11.5 Å². The van der Waals surface area contributed by atoms with Crippen molar-refractivity contribution in [2.45, 2.75) is 31.9 Å². The fourth-order valence-electron chi connectivity index (χ4n) is 2.96. The SMILES string of the molecule is COc1cc(OC)c2[nH]c(C(=O)N[C@H](C)[C@H]3CCCO3)cc2c1. The zero-order valence-electron chi connectivity index (χ0n) is 13.6. The number of hydrogen-bond acceptors (Lipinski definition) is 4. The van der Waals surface area contributed by atoms with Crippen molar-refractivity contribution >= 4 is 16.8 Å². The topological polar surface area (TPSA) is 72.6 Å². The lowest BCUT2D eigenvalue weighted by Gasteiger charge is -2.19. The van der Waals surface area contributed by atoms with Crippen molar-refractivity contribution in [1.82, 2.24) is 10.3 Å². The molecule has 3 rings (SSSR count). The molecule has 1 fully saturated rings. The molecule has 124 valence electrons. The predicted molar refractivity (Wildman–Crippen MR) is 87.3 cm³/mol. The number of aromatic amines is 1. The van der Waals surface area contributed by atoms with Crippen molar-refractivity contribution in [2.75, 3.05) is 20.8 Å². The first-order valence-electron chi connectivity index (χ1n) is 7.79. The van der Waals surface area contributed by atoms with Gasteiger partial charge in [-0.25, -0.2) is 0 Å².